The maximum Gasteiger partial charge on any atom is 0.341 e. The summed E-state index contributed by atoms with van der Waals surface area (Å²) in [5.41, 5.74) is -0.320. The van der Waals surface area contributed by atoms with Crippen LogP contribution < -0.4 is 4.74 Å². The average Bonchev–Trinajstić information content (AvgIpc) is 2.62. The Bertz CT molecular complexity index is 783. The summed E-state index contributed by atoms with van der Waals surface area (Å²) in [6, 6.07) is 10.3. The van der Waals surface area contributed by atoms with Crippen LogP contribution >= 0.6 is 23.2 Å². The first-order chi connectivity index (χ1) is 12.4. The Labute approximate surface area is 160 Å². The molecule has 2 aromatic rings. The van der Waals surface area contributed by atoms with Crippen molar-refractivity contribution in [2.45, 2.75) is 0 Å². The number of ether oxygens (including phenoxy) is 2. The fourth-order valence-electron chi connectivity index (χ4n) is 1.93. The van der Waals surface area contributed by atoms with Crippen LogP contribution in [0.2, 0.25) is 10.0 Å². The van der Waals surface area contributed by atoms with Gasteiger partial charge in [0.15, 0.2) is 6.61 Å². The third-order valence-corrected chi connectivity index (χ3v) is 3.90. The van der Waals surface area contributed by atoms with E-state index in [4.69, 9.17) is 32.7 Å². The summed E-state index contributed by atoms with van der Waals surface area (Å²) in [6.45, 7) is 0.0213. The van der Waals surface area contributed by atoms with Crippen LogP contribution in [0.25, 0.3) is 0 Å². The highest BCUT2D eigenvalue weighted by molar-refractivity contribution is 6.31. The van der Waals surface area contributed by atoms with E-state index in [1.54, 1.807) is 31.3 Å². The number of benzene rings is 2. The number of nitrogens with zero attached hydrogens (tertiary/aromatic N) is 1. The third kappa shape index (κ3) is 5.89. The van der Waals surface area contributed by atoms with Gasteiger partial charge in [0.2, 0.25) is 0 Å². The number of esters is 1. The van der Waals surface area contributed by atoms with Crippen LogP contribution in [-0.2, 0) is 9.53 Å². The van der Waals surface area contributed by atoms with E-state index in [0.29, 0.717) is 10.8 Å². The van der Waals surface area contributed by atoms with Crippen molar-refractivity contribution in [2.24, 2.45) is 0 Å². The molecule has 0 aliphatic carbocycles. The van der Waals surface area contributed by atoms with Gasteiger partial charge in [0.25, 0.3) is 5.91 Å². The maximum atomic E-state index is 13.6. The van der Waals surface area contributed by atoms with Crippen molar-refractivity contribution < 1.29 is 23.5 Å². The molecule has 0 aliphatic heterocycles. The van der Waals surface area contributed by atoms with E-state index >= 15 is 0 Å². The van der Waals surface area contributed by atoms with Gasteiger partial charge in [-0.3, -0.25) is 4.79 Å². The lowest BCUT2D eigenvalue weighted by atomic mass is 10.2. The minimum absolute atomic E-state index is 0.196. The zero-order chi connectivity index (χ0) is 19.1. The first-order valence-corrected chi connectivity index (χ1v) is 8.37. The lowest BCUT2D eigenvalue weighted by molar-refractivity contribution is -0.133. The van der Waals surface area contributed by atoms with Crippen molar-refractivity contribution in [3.8, 4) is 5.75 Å². The van der Waals surface area contributed by atoms with E-state index in [2.05, 4.69) is 0 Å². The van der Waals surface area contributed by atoms with Gasteiger partial charge in [-0.2, -0.15) is 0 Å². The van der Waals surface area contributed by atoms with Gasteiger partial charge in [0.1, 0.15) is 18.2 Å². The molecule has 26 heavy (non-hydrogen) atoms. The van der Waals surface area contributed by atoms with Crippen molar-refractivity contribution >= 4 is 35.1 Å². The minimum Gasteiger partial charge on any atom is -0.492 e. The number of carbonyl (C=O) groups excluding carboxylic acids is 2. The summed E-state index contributed by atoms with van der Waals surface area (Å²) in [7, 11) is 1.54. The number of amides is 1. The Kier molecular flexibility index (Phi) is 7.24. The molecule has 0 unspecified atom stereocenters. The molecule has 0 bridgehead atoms. The molecular formula is C18H16Cl2FNO4. The Hall–Kier alpha value is -2.31. The summed E-state index contributed by atoms with van der Waals surface area (Å²) in [4.78, 5) is 25.2. The van der Waals surface area contributed by atoms with Crippen LogP contribution in [0, 0.1) is 5.82 Å². The molecule has 0 radical (unpaired) electrons. The second-order valence-corrected chi connectivity index (χ2v) is 6.19. The highest BCUT2D eigenvalue weighted by Crippen LogP contribution is 2.16. The third-order valence-electron chi connectivity index (χ3n) is 3.41. The Balaban J connectivity index is 1.77. The van der Waals surface area contributed by atoms with Crippen molar-refractivity contribution in [2.75, 3.05) is 26.8 Å². The number of rotatable bonds is 7. The summed E-state index contributed by atoms with van der Waals surface area (Å²) < 4.78 is 23.9. The molecule has 0 spiro atoms. The Morgan fingerprint density at radius 2 is 1.73 bits per heavy atom. The first-order valence-electron chi connectivity index (χ1n) is 7.61. The standard InChI is InChI=1S/C18H16Cl2FNO4/c1-22(8-9-25-14-5-2-12(19)3-6-14)17(23)11-26-18(24)15-10-13(20)4-7-16(15)21/h2-7,10H,8-9,11H2,1H3. The molecule has 0 aromatic heterocycles. The Morgan fingerprint density at radius 1 is 1.08 bits per heavy atom. The molecule has 0 N–H and O–H groups in total. The second kappa shape index (κ2) is 9.40. The monoisotopic (exact) mass is 399 g/mol. The second-order valence-electron chi connectivity index (χ2n) is 5.32. The van der Waals surface area contributed by atoms with Gasteiger partial charge in [-0.25, -0.2) is 9.18 Å². The van der Waals surface area contributed by atoms with Crippen LogP contribution in [0.15, 0.2) is 42.5 Å². The number of hydrogen-bond acceptors (Lipinski definition) is 4. The molecule has 2 aromatic carbocycles. The molecule has 0 atom stereocenters. The van der Waals surface area contributed by atoms with Gasteiger partial charge in [-0.05, 0) is 42.5 Å². The van der Waals surface area contributed by atoms with Crippen LogP contribution in [-0.4, -0.2) is 43.6 Å². The van der Waals surface area contributed by atoms with E-state index in [-0.39, 0.29) is 23.7 Å². The SMILES string of the molecule is CN(CCOc1ccc(Cl)cc1)C(=O)COC(=O)c1cc(Cl)ccc1F. The normalized spacial score (nSPS) is 10.3. The number of carbonyl (C=O) groups is 2. The quantitative estimate of drug-likeness (QED) is 0.663. The highest BCUT2D eigenvalue weighted by Gasteiger charge is 2.17. The smallest absolute Gasteiger partial charge is 0.341 e. The minimum atomic E-state index is -0.954. The molecule has 5 nitrogen and oxygen atoms in total. The van der Waals surface area contributed by atoms with Crippen molar-refractivity contribution in [3.05, 3.63) is 63.9 Å². The largest absolute Gasteiger partial charge is 0.492 e. The molecular weight excluding hydrogens is 384 g/mol. The van der Waals surface area contributed by atoms with Crippen molar-refractivity contribution in [1.82, 2.24) is 4.90 Å². The van der Waals surface area contributed by atoms with E-state index in [1.165, 1.54) is 11.0 Å². The van der Waals surface area contributed by atoms with E-state index in [9.17, 15) is 14.0 Å². The molecule has 0 saturated carbocycles. The zero-order valence-corrected chi connectivity index (χ0v) is 15.4. The zero-order valence-electron chi connectivity index (χ0n) is 13.9. The fourth-order valence-corrected chi connectivity index (χ4v) is 2.22. The van der Waals surface area contributed by atoms with Gasteiger partial charge in [0.05, 0.1) is 12.1 Å². The topological polar surface area (TPSA) is 55.8 Å². The summed E-state index contributed by atoms with van der Waals surface area (Å²) in [6.07, 6.45) is 0. The maximum absolute atomic E-state index is 13.6. The van der Waals surface area contributed by atoms with E-state index < -0.39 is 24.3 Å². The molecule has 0 heterocycles. The lowest BCUT2D eigenvalue weighted by Crippen LogP contribution is -2.34. The number of likely N-dealkylation sites (N-methyl/N-ethyl adjacent to an activating group) is 1. The van der Waals surface area contributed by atoms with Gasteiger partial charge in [-0.15, -0.1) is 0 Å². The molecule has 0 fully saturated rings. The van der Waals surface area contributed by atoms with Gasteiger partial charge >= 0.3 is 5.97 Å². The van der Waals surface area contributed by atoms with Crippen molar-refractivity contribution in [3.63, 3.8) is 0 Å². The summed E-state index contributed by atoms with van der Waals surface area (Å²) in [5, 5.41) is 0.795. The summed E-state index contributed by atoms with van der Waals surface area (Å²) in [5.74, 6) is -1.54. The van der Waals surface area contributed by atoms with Crippen LogP contribution in [0.1, 0.15) is 10.4 Å². The summed E-state index contributed by atoms with van der Waals surface area (Å²) >= 11 is 11.5. The van der Waals surface area contributed by atoms with Crippen molar-refractivity contribution in [1.29, 1.82) is 0 Å². The van der Waals surface area contributed by atoms with Crippen LogP contribution in [0.4, 0.5) is 4.39 Å². The molecule has 138 valence electrons. The predicted octanol–water partition coefficient (Wildman–Crippen LogP) is 3.83. The fraction of sp³-hybridized carbons (Fsp3) is 0.222. The van der Waals surface area contributed by atoms with Gasteiger partial charge in [-0.1, -0.05) is 23.2 Å². The molecule has 0 aliphatic rings. The van der Waals surface area contributed by atoms with E-state index in [0.717, 1.165) is 12.1 Å². The lowest BCUT2D eigenvalue weighted by Gasteiger charge is -2.17. The molecule has 0 saturated heterocycles. The molecule has 2 rings (SSSR count). The number of halogens is 3. The van der Waals surface area contributed by atoms with Gasteiger partial charge in [0, 0.05) is 17.1 Å². The van der Waals surface area contributed by atoms with Crippen LogP contribution in [0.3, 0.4) is 0 Å². The number of hydrogen-bond donors (Lipinski definition) is 0. The van der Waals surface area contributed by atoms with Crippen LogP contribution in [0.5, 0.6) is 5.75 Å². The first kappa shape index (κ1) is 20.0. The molecule has 1 amide bonds. The van der Waals surface area contributed by atoms with Gasteiger partial charge < -0.3 is 14.4 Å². The molecule has 8 heteroatoms. The van der Waals surface area contributed by atoms with E-state index in [1.807, 2.05) is 0 Å². The average molecular weight is 400 g/mol. The Morgan fingerprint density at radius 3 is 2.42 bits per heavy atom. The highest BCUT2D eigenvalue weighted by atomic mass is 35.5. The predicted molar refractivity (Wildman–Crippen MR) is 96.3 cm³/mol.